The number of hydrogen-bond acceptors (Lipinski definition) is 5. The molecule has 1 N–H and O–H groups in total. The van der Waals surface area contributed by atoms with Crippen molar-refractivity contribution in [2.24, 2.45) is 0 Å². The molecule has 90 valence electrons. The summed E-state index contributed by atoms with van der Waals surface area (Å²) in [6, 6.07) is 7.55. The number of rotatable bonds is 5. The first-order chi connectivity index (χ1) is 7.31. The maximum absolute atomic E-state index is 11.6. The molecule has 0 atom stereocenters. The molecule has 0 saturated heterocycles. The Labute approximate surface area is 93.7 Å². The average Bonchev–Trinajstić information content (AvgIpc) is 2.17. The number of benzene rings is 1. The summed E-state index contributed by atoms with van der Waals surface area (Å²) in [5, 5.41) is 0. The first-order valence-corrected chi connectivity index (χ1v) is 7.23. The molecule has 0 aromatic heterocycles. The molecule has 16 heavy (non-hydrogen) atoms. The second-order valence-electron chi connectivity index (χ2n) is 2.88. The highest BCUT2D eigenvalue weighted by atomic mass is 32.3. The third-order valence-corrected chi connectivity index (χ3v) is 3.85. The van der Waals surface area contributed by atoms with E-state index in [1.54, 1.807) is 18.2 Å². The summed E-state index contributed by atoms with van der Waals surface area (Å²) >= 11 is 0. The Kier molecular flexibility index (Phi) is 4.03. The van der Waals surface area contributed by atoms with Gasteiger partial charge < -0.3 is 0 Å². The molecule has 0 fully saturated rings. The molecular weight excluding hydrogens is 256 g/mol. The van der Waals surface area contributed by atoms with Gasteiger partial charge in [-0.25, -0.2) is 12.6 Å². The first kappa shape index (κ1) is 13.1. The van der Waals surface area contributed by atoms with Gasteiger partial charge >= 0.3 is 10.4 Å². The van der Waals surface area contributed by atoms with E-state index in [1.165, 1.54) is 12.1 Å². The number of sulfone groups is 1. The highest BCUT2D eigenvalue weighted by Crippen LogP contribution is 2.09. The van der Waals surface area contributed by atoms with Crippen LogP contribution in [0.15, 0.2) is 35.2 Å². The van der Waals surface area contributed by atoms with Crippen molar-refractivity contribution in [2.75, 3.05) is 12.4 Å². The van der Waals surface area contributed by atoms with Gasteiger partial charge in [0.2, 0.25) is 0 Å². The normalized spacial score (nSPS) is 12.6. The summed E-state index contributed by atoms with van der Waals surface area (Å²) in [6.45, 7) is -0.615. The minimum Gasteiger partial charge on any atom is -0.264 e. The van der Waals surface area contributed by atoms with E-state index in [9.17, 15) is 16.8 Å². The molecule has 0 radical (unpaired) electrons. The fourth-order valence-corrected chi connectivity index (χ4v) is 2.50. The number of hydrogen-bond donors (Lipinski definition) is 1. The van der Waals surface area contributed by atoms with Gasteiger partial charge in [-0.1, -0.05) is 18.2 Å². The van der Waals surface area contributed by atoms with Crippen molar-refractivity contribution in [1.29, 1.82) is 0 Å². The van der Waals surface area contributed by atoms with Gasteiger partial charge in [-0.3, -0.25) is 4.55 Å². The van der Waals surface area contributed by atoms with E-state index in [0.29, 0.717) is 0 Å². The van der Waals surface area contributed by atoms with Gasteiger partial charge in [-0.15, -0.1) is 0 Å². The predicted molar refractivity (Wildman–Crippen MR) is 56.0 cm³/mol. The fraction of sp³-hybridized carbons (Fsp3) is 0.250. The molecule has 8 heteroatoms. The van der Waals surface area contributed by atoms with Crippen LogP contribution >= 0.6 is 0 Å². The quantitative estimate of drug-likeness (QED) is 0.769. The second-order valence-corrected chi connectivity index (χ2v) is 6.08. The van der Waals surface area contributed by atoms with E-state index in [0.717, 1.165) is 0 Å². The topological polar surface area (TPSA) is 97.7 Å². The molecule has 0 bridgehead atoms. The maximum atomic E-state index is 11.6. The van der Waals surface area contributed by atoms with Crippen LogP contribution in [0, 0.1) is 0 Å². The van der Waals surface area contributed by atoms with Crippen molar-refractivity contribution < 1.29 is 25.6 Å². The third-order valence-electron chi connectivity index (χ3n) is 1.69. The lowest BCUT2D eigenvalue weighted by Gasteiger charge is -2.03. The summed E-state index contributed by atoms with van der Waals surface area (Å²) in [6.07, 6.45) is 0. The Morgan fingerprint density at radius 3 is 2.12 bits per heavy atom. The fourth-order valence-electron chi connectivity index (χ4n) is 0.995. The lowest BCUT2D eigenvalue weighted by Crippen LogP contribution is -2.15. The molecular formula is C8H10O6S2. The molecule has 0 heterocycles. The maximum Gasteiger partial charge on any atom is 0.397 e. The van der Waals surface area contributed by atoms with Gasteiger partial charge in [0, 0.05) is 0 Å². The van der Waals surface area contributed by atoms with Crippen molar-refractivity contribution in [2.45, 2.75) is 4.90 Å². The summed E-state index contributed by atoms with van der Waals surface area (Å²) in [5.74, 6) is -0.517. The summed E-state index contributed by atoms with van der Waals surface area (Å²) < 4.78 is 55.7. The Balaban J connectivity index is 2.68. The van der Waals surface area contributed by atoms with E-state index in [4.69, 9.17) is 4.55 Å². The van der Waals surface area contributed by atoms with Crippen molar-refractivity contribution >= 4 is 20.2 Å². The van der Waals surface area contributed by atoms with Crippen LogP contribution < -0.4 is 0 Å². The van der Waals surface area contributed by atoms with E-state index < -0.39 is 32.6 Å². The zero-order valence-electron chi connectivity index (χ0n) is 8.11. The molecule has 0 spiro atoms. The standard InChI is InChI=1S/C8H10O6S2/c9-15(10,7-6-14-16(11,12)13)8-4-2-1-3-5-8/h1-5H,6-7H2,(H,11,12,13). The van der Waals surface area contributed by atoms with Gasteiger partial charge in [0.05, 0.1) is 17.3 Å². The molecule has 6 nitrogen and oxygen atoms in total. The van der Waals surface area contributed by atoms with Crippen LogP contribution in [0.5, 0.6) is 0 Å². The van der Waals surface area contributed by atoms with Crippen LogP contribution in [0.3, 0.4) is 0 Å². The van der Waals surface area contributed by atoms with Crippen LogP contribution in [0.2, 0.25) is 0 Å². The highest BCUT2D eigenvalue weighted by Gasteiger charge is 2.15. The zero-order chi connectivity index (χ0) is 12.2. The SMILES string of the molecule is O=S(=O)(O)OCCS(=O)(=O)c1ccccc1. The first-order valence-electron chi connectivity index (χ1n) is 4.21. The smallest absolute Gasteiger partial charge is 0.264 e. The Morgan fingerprint density at radius 2 is 1.62 bits per heavy atom. The van der Waals surface area contributed by atoms with Crippen LogP contribution in [-0.2, 0) is 24.4 Å². The second kappa shape index (κ2) is 4.91. The lowest BCUT2D eigenvalue weighted by atomic mass is 10.4. The Morgan fingerprint density at radius 1 is 1.06 bits per heavy atom. The largest absolute Gasteiger partial charge is 0.397 e. The van der Waals surface area contributed by atoms with E-state index in [2.05, 4.69) is 4.18 Å². The van der Waals surface area contributed by atoms with Gasteiger partial charge in [-0.05, 0) is 12.1 Å². The van der Waals surface area contributed by atoms with E-state index in [1.807, 2.05) is 0 Å². The molecule has 0 unspecified atom stereocenters. The van der Waals surface area contributed by atoms with Crippen molar-refractivity contribution in [3.63, 3.8) is 0 Å². The third kappa shape index (κ3) is 4.27. The Bertz CT molecular complexity index is 531. The van der Waals surface area contributed by atoms with Gasteiger partial charge in [-0.2, -0.15) is 8.42 Å². The van der Waals surface area contributed by atoms with E-state index in [-0.39, 0.29) is 4.90 Å². The Hall–Kier alpha value is -0.960. The van der Waals surface area contributed by atoms with Crippen molar-refractivity contribution in [3.8, 4) is 0 Å². The van der Waals surface area contributed by atoms with Crippen molar-refractivity contribution in [1.82, 2.24) is 0 Å². The predicted octanol–water partition coefficient (Wildman–Crippen LogP) is 0.280. The molecule has 0 aliphatic rings. The minimum absolute atomic E-state index is 0.0777. The van der Waals surface area contributed by atoms with Gasteiger partial charge in [0.1, 0.15) is 0 Å². The summed E-state index contributed by atoms with van der Waals surface area (Å²) in [7, 11) is -8.18. The molecule has 0 saturated carbocycles. The molecule has 1 aromatic rings. The molecule has 0 amide bonds. The molecule has 1 aromatic carbocycles. The van der Waals surface area contributed by atoms with Crippen LogP contribution in [0.4, 0.5) is 0 Å². The van der Waals surface area contributed by atoms with E-state index >= 15 is 0 Å². The molecule has 0 aliphatic carbocycles. The van der Waals surface area contributed by atoms with Crippen LogP contribution in [-0.4, -0.2) is 33.7 Å². The summed E-state index contributed by atoms with van der Waals surface area (Å²) in [5.41, 5.74) is 0. The summed E-state index contributed by atoms with van der Waals surface area (Å²) in [4.78, 5) is 0.0777. The van der Waals surface area contributed by atoms with Crippen LogP contribution in [0.25, 0.3) is 0 Å². The monoisotopic (exact) mass is 266 g/mol. The molecule has 0 aliphatic heterocycles. The lowest BCUT2D eigenvalue weighted by molar-refractivity contribution is 0.284. The minimum atomic E-state index is -4.59. The van der Waals surface area contributed by atoms with Crippen LogP contribution in [0.1, 0.15) is 0 Å². The van der Waals surface area contributed by atoms with Crippen molar-refractivity contribution in [3.05, 3.63) is 30.3 Å². The van der Waals surface area contributed by atoms with Gasteiger partial charge in [0.25, 0.3) is 0 Å². The highest BCUT2D eigenvalue weighted by molar-refractivity contribution is 7.91. The average molecular weight is 266 g/mol. The van der Waals surface area contributed by atoms with Gasteiger partial charge in [0.15, 0.2) is 9.84 Å². The molecule has 1 rings (SSSR count). The zero-order valence-corrected chi connectivity index (χ0v) is 9.74.